The summed E-state index contributed by atoms with van der Waals surface area (Å²) in [4.78, 5) is 17.4. The third-order valence-corrected chi connectivity index (χ3v) is 5.10. The van der Waals surface area contributed by atoms with Crippen LogP contribution < -0.4 is 14.8 Å². The van der Waals surface area contributed by atoms with Gasteiger partial charge in [0.15, 0.2) is 11.5 Å². The van der Waals surface area contributed by atoms with Crippen molar-refractivity contribution in [2.45, 2.75) is 12.5 Å². The van der Waals surface area contributed by atoms with E-state index in [0.29, 0.717) is 23.8 Å². The Morgan fingerprint density at radius 3 is 2.06 bits per heavy atom. The maximum Gasteiger partial charge on any atom is 0.236 e. The number of hydrogen-bond donors (Lipinski definition) is 1. The van der Waals surface area contributed by atoms with Gasteiger partial charge in [-0.2, -0.15) is 0 Å². The molecule has 0 unspecified atom stereocenters. The van der Waals surface area contributed by atoms with Gasteiger partial charge >= 0.3 is 0 Å². The molecule has 0 radical (unpaired) electrons. The molecule has 0 aliphatic heterocycles. The fourth-order valence-electron chi connectivity index (χ4n) is 3.51. The van der Waals surface area contributed by atoms with Crippen molar-refractivity contribution >= 4 is 11.6 Å². The molecule has 0 spiro atoms. The number of hydrogen-bond acceptors (Lipinski definition) is 4. The molecule has 0 atom stereocenters. The minimum absolute atomic E-state index is 0.118. The van der Waals surface area contributed by atoms with Gasteiger partial charge in [-0.05, 0) is 41.0 Å². The fraction of sp³-hybridized carbons (Fsp3) is 0.111. The highest BCUT2D eigenvalue weighted by Crippen LogP contribution is 2.32. The highest BCUT2D eigenvalue weighted by atomic mass is 16.5. The summed E-state index contributed by atoms with van der Waals surface area (Å²) in [5, 5.41) is 3.04. The number of ether oxygens (including phenoxy) is 2. The van der Waals surface area contributed by atoms with Crippen LogP contribution in [0.25, 0.3) is 0 Å². The lowest BCUT2D eigenvalue weighted by Crippen LogP contribution is -2.22. The summed E-state index contributed by atoms with van der Waals surface area (Å²) in [5.74, 6) is 0.603. The number of methoxy groups -OCH3 is 1. The van der Waals surface area contributed by atoms with Crippen molar-refractivity contribution in [3.05, 3.63) is 120 Å². The third-order valence-electron chi connectivity index (χ3n) is 5.10. The number of nitrogens with zero attached hydrogens (tertiary/aromatic N) is 1. The largest absolute Gasteiger partial charge is 0.493 e. The van der Waals surface area contributed by atoms with E-state index in [1.54, 1.807) is 31.6 Å². The molecule has 0 saturated carbocycles. The molecule has 4 rings (SSSR count). The Morgan fingerprint density at radius 2 is 1.47 bits per heavy atom. The Balaban J connectivity index is 1.57. The van der Waals surface area contributed by atoms with E-state index in [1.165, 1.54) is 0 Å². The Bertz CT molecular complexity index is 1110. The minimum atomic E-state index is -0.430. The molecule has 5 heteroatoms. The van der Waals surface area contributed by atoms with Crippen molar-refractivity contribution in [2.24, 2.45) is 0 Å². The van der Waals surface area contributed by atoms with E-state index in [-0.39, 0.29) is 5.91 Å². The number of nitrogens with one attached hydrogen (secondary N) is 1. The number of anilines is 1. The topological polar surface area (TPSA) is 60.5 Å². The minimum Gasteiger partial charge on any atom is -0.493 e. The molecule has 3 aromatic carbocycles. The zero-order chi connectivity index (χ0) is 22.2. The van der Waals surface area contributed by atoms with Crippen molar-refractivity contribution in [1.29, 1.82) is 0 Å². The number of aromatic nitrogens is 1. The van der Waals surface area contributed by atoms with E-state index in [2.05, 4.69) is 10.3 Å². The molecule has 160 valence electrons. The van der Waals surface area contributed by atoms with Crippen LogP contribution in [-0.4, -0.2) is 18.0 Å². The SMILES string of the molecule is COc1ccc(NC(=O)C(c2ccccc2)c2ccccc2)cc1OCc1ccncc1. The summed E-state index contributed by atoms with van der Waals surface area (Å²) in [6, 6.07) is 28.7. The number of rotatable bonds is 8. The van der Waals surface area contributed by atoms with Crippen LogP contribution in [0.1, 0.15) is 22.6 Å². The smallest absolute Gasteiger partial charge is 0.236 e. The highest BCUT2D eigenvalue weighted by molar-refractivity contribution is 5.98. The Morgan fingerprint density at radius 1 is 0.844 bits per heavy atom. The van der Waals surface area contributed by atoms with E-state index >= 15 is 0 Å². The number of carbonyl (C=O) groups excluding carboxylic acids is 1. The van der Waals surface area contributed by atoms with Crippen molar-refractivity contribution in [2.75, 3.05) is 12.4 Å². The first kappa shape index (κ1) is 21.1. The monoisotopic (exact) mass is 424 g/mol. The van der Waals surface area contributed by atoms with E-state index in [1.807, 2.05) is 78.9 Å². The van der Waals surface area contributed by atoms with Crippen molar-refractivity contribution < 1.29 is 14.3 Å². The van der Waals surface area contributed by atoms with Gasteiger partial charge in [0, 0.05) is 24.1 Å². The lowest BCUT2D eigenvalue weighted by molar-refractivity contribution is -0.116. The maximum atomic E-state index is 13.4. The van der Waals surface area contributed by atoms with Gasteiger partial charge in [0.05, 0.1) is 13.0 Å². The summed E-state index contributed by atoms with van der Waals surface area (Å²) in [6.07, 6.45) is 3.44. The van der Waals surface area contributed by atoms with Gasteiger partial charge < -0.3 is 14.8 Å². The second-order valence-electron chi connectivity index (χ2n) is 7.25. The normalized spacial score (nSPS) is 10.6. The van der Waals surface area contributed by atoms with E-state index in [9.17, 15) is 4.79 Å². The molecule has 32 heavy (non-hydrogen) atoms. The van der Waals surface area contributed by atoms with Gasteiger partial charge in [-0.15, -0.1) is 0 Å². The lowest BCUT2D eigenvalue weighted by Gasteiger charge is -2.19. The zero-order valence-corrected chi connectivity index (χ0v) is 17.8. The zero-order valence-electron chi connectivity index (χ0n) is 17.8. The quantitative estimate of drug-likeness (QED) is 0.409. The molecule has 1 amide bonds. The molecule has 0 aliphatic carbocycles. The van der Waals surface area contributed by atoms with Crippen molar-refractivity contribution in [3.8, 4) is 11.5 Å². The van der Waals surface area contributed by atoms with E-state index < -0.39 is 5.92 Å². The summed E-state index contributed by atoms with van der Waals surface area (Å²) in [7, 11) is 1.59. The van der Waals surface area contributed by atoms with Crippen LogP contribution in [-0.2, 0) is 11.4 Å². The average Bonchev–Trinajstić information content (AvgIpc) is 2.85. The Hall–Kier alpha value is -4.12. The van der Waals surface area contributed by atoms with Crippen LogP contribution in [0.4, 0.5) is 5.69 Å². The first-order chi connectivity index (χ1) is 15.7. The van der Waals surface area contributed by atoms with Crippen molar-refractivity contribution in [1.82, 2.24) is 4.98 Å². The highest BCUT2D eigenvalue weighted by Gasteiger charge is 2.23. The standard InChI is InChI=1S/C27H24N2O3/c1-31-24-13-12-23(18-25(24)32-19-20-14-16-28-17-15-20)29-27(30)26(21-8-4-2-5-9-21)22-10-6-3-7-11-22/h2-18,26H,19H2,1H3,(H,29,30). The van der Waals surface area contributed by atoms with Crippen LogP contribution in [0, 0.1) is 0 Å². The molecular formula is C27H24N2O3. The molecular weight excluding hydrogens is 400 g/mol. The predicted molar refractivity (Wildman–Crippen MR) is 125 cm³/mol. The Kier molecular flexibility index (Phi) is 6.78. The van der Waals surface area contributed by atoms with Gasteiger partial charge in [0.1, 0.15) is 6.61 Å². The van der Waals surface area contributed by atoms with Crippen LogP contribution in [0.3, 0.4) is 0 Å². The first-order valence-corrected chi connectivity index (χ1v) is 10.3. The van der Waals surface area contributed by atoms with Gasteiger partial charge in [-0.3, -0.25) is 9.78 Å². The second kappa shape index (κ2) is 10.3. The van der Waals surface area contributed by atoms with Gasteiger partial charge in [0.25, 0.3) is 0 Å². The molecule has 1 N–H and O–H groups in total. The fourth-order valence-corrected chi connectivity index (χ4v) is 3.51. The Labute approximate surface area is 187 Å². The molecule has 0 aliphatic rings. The number of benzene rings is 3. The van der Waals surface area contributed by atoms with Gasteiger partial charge in [-0.1, -0.05) is 60.7 Å². The number of amides is 1. The molecule has 1 heterocycles. The predicted octanol–water partition coefficient (Wildman–Crippen LogP) is 5.44. The molecule has 1 aromatic heterocycles. The summed E-state index contributed by atoms with van der Waals surface area (Å²) in [6.45, 7) is 0.368. The molecule has 0 fully saturated rings. The third kappa shape index (κ3) is 5.13. The molecule has 5 nitrogen and oxygen atoms in total. The van der Waals surface area contributed by atoms with Crippen LogP contribution >= 0.6 is 0 Å². The van der Waals surface area contributed by atoms with E-state index in [4.69, 9.17) is 9.47 Å². The molecule has 0 bridgehead atoms. The number of carbonyl (C=O) groups is 1. The number of pyridine rings is 1. The summed E-state index contributed by atoms with van der Waals surface area (Å²) in [5.41, 5.74) is 3.49. The van der Waals surface area contributed by atoms with Gasteiger partial charge in [0.2, 0.25) is 5.91 Å². The average molecular weight is 425 g/mol. The van der Waals surface area contributed by atoms with Crippen LogP contribution in [0.15, 0.2) is 103 Å². The molecule has 4 aromatic rings. The first-order valence-electron chi connectivity index (χ1n) is 10.3. The lowest BCUT2D eigenvalue weighted by atomic mass is 9.90. The summed E-state index contributed by atoms with van der Waals surface area (Å²) >= 11 is 0. The van der Waals surface area contributed by atoms with Gasteiger partial charge in [-0.25, -0.2) is 0 Å². The van der Waals surface area contributed by atoms with E-state index in [0.717, 1.165) is 16.7 Å². The molecule has 0 saturated heterocycles. The van der Waals surface area contributed by atoms with Crippen LogP contribution in [0.2, 0.25) is 0 Å². The maximum absolute atomic E-state index is 13.4. The van der Waals surface area contributed by atoms with Crippen LogP contribution in [0.5, 0.6) is 11.5 Å². The second-order valence-corrected chi connectivity index (χ2v) is 7.25. The summed E-state index contributed by atoms with van der Waals surface area (Å²) < 4.78 is 11.4. The van der Waals surface area contributed by atoms with Crippen molar-refractivity contribution in [3.63, 3.8) is 0 Å².